The average Bonchev–Trinajstić information content (AvgIpc) is 3.24. The number of ketones is 1. The van der Waals surface area contributed by atoms with E-state index in [9.17, 15) is 19.5 Å². The molecule has 1 fully saturated rings. The van der Waals surface area contributed by atoms with Crippen LogP contribution in [-0.4, -0.2) is 39.9 Å². The van der Waals surface area contributed by atoms with Gasteiger partial charge in [-0.25, -0.2) is 9.59 Å². The van der Waals surface area contributed by atoms with E-state index in [-0.39, 0.29) is 25.3 Å². The van der Waals surface area contributed by atoms with Gasteiger partial charge in [-0.2, -0.15) is 0 Å². The van der Waals surface area contributed by atoms with E-state index >= 15 is 0 Å². The number of hydrogen-bond donors (Lipinski definition) is 2. The number of hydrogen-bond acceptors (Lipinski definition) is 6. The van der Waals surface area contributed by atoms with Crippen LogP contribution in [0.3, 0.4) is 0 Å². The van der Waals surface area contributed by atoms with E-state index in [1.165, 1.54) is 6.20 Å². The molecule has 3 aromatic rings. The van der Waals surface area contributed by atoms with Crippen molar-refractivity contribution < 1.29 is 24.2 Å². The van der Waals surface area contributed by atoms with Gasteiger partial charge in [0.1, 0.15) is 12.3 Å². The van der Waals surface area contributed by atoms with Crippen LogP contribution in [0, 0.1) is 5.92 Å². The molecule has 0 spiro atoms. The van der Waals surface area contributed by atoms with Gasteiger partial charge in [-0.15, -0.1) is 0 Å². The molecule has 7 nitrogen and oxygen atoms in total. The van der Waals surface area contributed by atoms with Crippen LogP contribution in [0.1, 0.15) is 22.5 Å². The highest BCUT2D eigenvalue weighted by Crippen LogP contribution is 2.33. The van der Waals surface area contributed by atoms with E-state index in [0.717, 1.165) is 10.9 Å². The number of carboxylic acids is 1. The van der Waals surface area contributed by atoms with Gasteiger partial charge in [0.05, 0.1) is 5.92 Å². The SMILES string of the molecule is O=C(c1nccc2ccccc12)C1CCN[C@@]1(C(=O)O)C(=O)OCc1ccccc1. The lowest BCUT2D eigenvalue weighted by molar-refractivity contribution is -0.165. The molecular weight excluding hydrogens is 384 g/mol. The number of esters is 1. The van der Waals surface area contributed by atoms with Crippen LogP contribution in [0.15, 0.2) is 66.9 Å². The second-order valence-electron chi connectivity index (χ2n) is 7.19. The van der Waals surface area contributed by atoms with Crippen molar-refractivity contribution in [3.05, 3.63) is 78.1 Å². The van der Waals surface area contributed by atoms with Crippen molar-refractivity contribution in [2.75, 3.05) is 6.54 Å². The number of aliphatic carboxylic acids is 1. The molecule has 0 saturated carbocycles. The summed E-state index contributed by atoms with van der Waals surface area (Å²) >= 11 is 0. The van der Waals surface area contributed by atoms with E-state index in [4.69, 9.17) is 4.74 Å². The second kappa shape index (κ2) is 8.04. The molecule has 4 rings (SSSR count). The molecule has 0 bridgehead atoms. The molecule has 1 unspecified atom stereocenters. The molecule has 30 heavy (non-hydrogen) atoms. The lowest BCUT2D eigenvalue weighted by atomic mass is 9.80. The van der Waals surface area contributed by atoms with Crippen molar-refractivity contribution in [3.63, 3.8) is 0 Å². The Balaban J connectivity index is 1.66. The highest BCUT2D eigenvalue weighted by atomic mass is 16.5. The summed E-state index contributed by atoms with van der Waals surface area (Å²) in [5.74, 6) is -4.03. The molecule has 0 aliphatic carbocycles. The summed E-state index contributed by atoms with van der Waals surface area (Å²) in [5, 5.41) is 14.1. The summed E-state index contributed by atoms with van der Waals surface area (Å²) in [5.41, 5.74) is -1.27. The summed E-state index contributed by atoms with van der Waals surface area (Å²) in [6.45, 7) is 0.123. The van der Waals surface area contributed by atoms with Crippen LogP contribution in [0.2, 0.25) is 0 Å². The van der Waals surface area contributed by atoms with E-state index in [1.807, 2.05) is 18.2 Å². The standard InChI is InChI=1S/C23H20N2O5/c26-20(19-17-9-5-4-8-16(17)10-12-24-19)18-11-13-25-23(18,21(27)28)22(29)30-14-15-6-2-1-3-7-15/h1-10,12,18,25H,11,13-14H2,(H,27,28)/t18?,23-/m0/s1. The van der Waals surface area contributed by atoms with Crippen molar-refractivity contribution >= 4 is 28.5 Å². The molecule has 2 aromatic carbocycles. The summed E-state index contributed by atoms with van der Waals surface area (Å²) in [6, 6.07) is 18.0. The van der Waals surface area contributed by atoms with Crippen LogP contribution in [0.25, 0.3) is 10.8 Å². The Morgan fingerprint density at radius 1 is 1.07 bits per heavy atom. The third kappa shape index (κ3) is 3.33. The molecule has 152 valence electrons. The van der Waals surface area contributed by atoms with Gasteiger partial charge in [-0.3, -0.25) is 15.1 Å². The number of Topliss-reactive ketones (excluding diaryl/α,β-unsaturated/α-hetero) is 1. The summed E-state index contributed by atoms with van der Waals surface area (Å²) in [4.78, 5) is 42.8. The Hall–Kier alpha value is -3.58. The maximum atomic E-state index is 13.4. The first kappa shape index (κ1) is 19.7. The minimum Gasteiger partial charge on any atom is -0.479 e. The number of carbonyl (C=O) groups excluding carboxylic acids is 2. The first-order chi connectivity index (χ1) is 14.5. The van der Waals surface area contributed by atoms with Gasteiger partial charge >= 0.3 is 11.9 Å². The van der Waals surface area contributed by atoms with Crippen LogP contribution in [-0.2, 0) is 20.9 Å². The maximum absolute atomic E-state index is 13.4. The molecule has 0 amide bonds. The van der Waals surface area contributed by atoms with Gasteiger partial charge in [0.2, 0.25) is 5.54 Å². The van der Waals surface area contributed by atoms with Crippen molar-refractivity contribution in [3.8, 4) is 0 Å². The van der Waals surface area contributed by atoms with Crippen LogP contribution < -0.4 is 5.32 Å². The number of ether oxygens (including phenoxy) is 1. The zero-order valence-corrected chi connectivity index (χ0v) is 16.1. The van der Waals surface area contributed by atoms with Gasteiger partial charge < -0.3 is 9.84 Å². The van der Waals surface area contributed by atoms with E-state index in [0.29, 0.717) is 5.39 Å². The number of nitrogens with zero attached hydrogens (tertiary/aromatic N) is 1. The van der Waals surface area contributed by atoms with E-state index in [2.05, 4.69) is 10.3 Å². The normalized spacial score (nSPS) is 20.7. The molecule has 0 radical (unpaired) electrons. The quantitative estimate of drug-likeness (QED) is 0.370. The fourth-order valence-electron chi connectivity index (χ4n) is 3.93. The highest BCUT2D eigenvalue weighted by Gasteiger charge is 2.60. The monoisotopic (exact) mass is 404 g/mol. The van der Waals surface area contributed by atoms with Gasteiger partial charge in [0.25, 0.3) is 0 Å². The molecule has 1 aliphatic heterocycles. The minimum atomic E-state index is -2.15. The Bertz CT molecular complexity index is 1110. The fraction of sp³-hybridized carbons (Fsp3) is 0.217. The first-order valence-corrected chi connectivity index (χ1v) is 9.61. The van der Waals surface area contributed by atoms with Crippen LogP contribution in [0.5, 0.6) is 0 Å². The molecule has 1 aliphatic rings. The smallest absolute Gasteiger partial charge is 0.339 e. The number of aromatic nitrogens is 1. The largest absolute Gasteiger partial charge is 0.479 e. The molecule has 2 heterocycles. The number of carboxylic acid groups (broad SMARTS) is 1. The Labute approximate surface area is 172 Å². The molecule has 2 N–H and O–H groups in total. The number of pyridine rings is 1. The molecular formula is C23H20N2O5. The van der Waals surface area contributed by atoms with Gasteiger partial charge in [0.15, 0.2) is 5.78 Å². The lowest BCUT2D eigenvalue weighted by Crippen LogP contribution is -2.61. The molecule has 1 saturated heterocycles. The molecule has 2 atom stereocenters. The predicted octanol–water partition coefficient (Wildman–Crippen LogP) is 2.59. The van der Waals surface area contributed by atoms with Gasteiger partial charge in [-0.1, -0.05) is 54.6 Å². The zero-order chi connectivity index (χ0) is 21.1. The first-order valence-electron chi connectivity index (χ1n) is 9.61. The zero-order valence-electron chi connectivity index (χ0n) is 16.1. The third-order valence-electron chi connectivity index (χ3n) is 5.46. The van der Waals surface area contributed by atoms with E-state index < -0.39 is 29.2 Å². The third-order valence-corrected chi connectivity index (χ3v) is 5.46. The summed E-state index contributed by atoms with van der Waals surface area (Å²) in [7, 11) is 0. The van der Waals surface area contributed by atoms with Crippen molar-refractivity contribution in [1.29, 1.82) is 0 Å². The Morgan fingerprint density at radius 3 is 2.57 bits per heavy atom. The Kier molecular flexibility index (Phi) is 5.29. The number of benzene rings is 2. The summed E-state index contributed by atoms with van der Waals surface area (Å²) in [6.07, 6.45) is 1.70. The van der Waals surface area contributed by atoms with Gasteiger partial charge in [0, 0.05) is 11.6 Å². The van der Waals surface area contributed by atoms with Crippen molar-refractivity contribution in [2.45, 2.75) is 18.6 Å². The van der Waals surface area contributed by atoms with Crippen molar-refractivity contribution in [1.82, 2.24) is 10.3 Å². The second-order valence-corrected chi connectivity index (χ2v) is 7.19. The maximum Gasteiger partial charge on any atom is 0.339 e. The fourth-order valence-corrected chi connectivity index (χ4v) is 3.93. The molecule has 7 heteroatoms. The number of nitrogens with one attached hydrogen (secondary N) is 1. The number of carbonyl (C=O) groups is 3. The number of rotatable bonds is 6. The average molecular weight is 404 g/mol. The van der Waals surface area contributed by atoms with Crippen LogP contribution >= 0.6 is 0 Å². The van der Waals surface area contributed by atoms with Crippen LogP contribution in [0.4, 0.5) is 0 Å². The minimum absolute atomic E-state index is 0.0796. The lowest BCUT2D eigenvalue weighted by Gasteiger charge is -2.28. The van der Waals surface area contributed by atoms with E-state index in [1.54, 1.807) is 42.5 Å². The van der Waals surface area contributed by atoms with Crippen molar-refractivity contribution in [2.24, 2.45) is 5.92 Å². The molecule has 1 aromatic heterocycles. The van der Waals surface area contributed by atoms with Gasteiger partial charge in [-0.05, 0) is 30.0 Å². The Morgan fingerprint density at radius 2 is 1.80 bits per heavy atom. The highest BCUT2D eigenvalue weighted by molar-refractivity contribution is 6.15. The summed E-state index contributed by atoms with van der Waals surface area (Å²) < 4.78 is 5.33. The topological polar surface area (TPSA) is 106 Å². The predicted molar refractivity (Wildman–Crippen MR) is 109 cm³/mol. The number of fused-ring (bicyclic) bond motifs is 1.